The van der Waals surface area contributed by atoms with Gasteiger partial charge in [0.05, 0.1) is 20.5 Å². The van der Waals surface area contributed by atoms with E-state index in [1.54, 1.807) is 0 Å². The molecule has 31 heavy (non-hydrogen) atoms. The highest BCUT2D eigenvalue weighted by Crippen LogP contribution is 2.27. The Balaban J connectivity index is 2.11. The van der Waals surface area contributed by atoms with Gasteiger partial charge in [-0.2, -0.15) is 0 Å². The molecular weight excluding hydrogens is 378 g/mol. The smallest absolute Gasteiger partial charge is 0.256 e. The van der Waals surface area contributed by atoms with Crippen LogP contribution < -0.4 is 0 Å². The number of hydrogen-bond acceptors (Lipinski definition) is 1. The number of likely N-dealkylation sites (N-methyl/N-ethyl adjacent to an activating group) is 1. The van der Waals surface area contributed by atoms with Crippen LogP contribution in [0.1, 0.15) is 108 Å². The van der Waals surface area contributed by atoms with Gasteiger partial charge in [0.1, 0.15) is 6.04 Å². The molecule has 1 unspecified atom stereocenters. The zero-order chi connectivity index (χ0) is 22.8. The lowest BCUT2D eigenvalue weighted by Gasteiger charge is -2.34. The lowest BCUT2D eigenvalue weighted by Crippen LogP contribution is -2.47. The van der Waals surface area contributed by atoms with Gasteiger partial charge in [0.25, 0.3) is 0 Å². The molecule has 0 saturated carbocycles. The van der Waals surface area contributed by atoms with Crippen molar-refractivity contribution in [3.63, 3.8) is 0 Å². The Labute approximate surface area is 193 Å². The molecule has 0 spiro atoms. The van der Waals surface area contributed by atoms with E-state index >= 15 is 0 Å². The summed E-state index contributed by atoms with van der Waals surface area (Å²) in [6.45, 7) is 6.26. The number of allylic oxidation sites excluding steroid dienone is 2. The Morgan fingerprint density at radius 1 is 0.839 bits per heavy atom. The van der Waals surface area contributed by atoms with E-state index in [9.17, 15) is 4.79 Å². The van der Waals surface area contributed by atoms with E-state index in [-0.39, 0.29) is 6.04 Å². The van der Waals surface area contributed by atoms with Crippen LogP contribution in [0, 0.1) is 0 Å². The Bertz CT molecular complexity index is 617. The first-order valence-electron chi connectivity index (χ1n) is 12.7. The van der Waals surface area contributed by atoms with Gasteiger partial charge in [0, 0.05) is 5.56 Å². The number of carbonyl (C=O) groups excluding carboxylic acids is 1. The van der Waals surface area contributed by atoms with Crippen LogP contribution in [0.25, 0.3) is 0 Å². The standard InChI is InChI=1S/C29H48NO/c1-5-7-8-9-10-11-12-13-14-15-16-17-18-19-23-26-29(31)30(3,4)28(6-2)27-24-21-20-22-25-27/h6,13-14,20-22,24-25,28H,2,5,7-12,15-19,23,26H2,1,3-4H3/q+1. The summed E-state index contributed by atoms with van der Waals surface area (Å²) < 4.78 is 0.344. The predicted molar refractivity (Wildman–Crippen MR) is 136 cm³/mol. The average Bonchev–Trinajstić information content (AvgIpc) is 2.77. The summed E-state index contributed by atoms with van der Waals surface area (Å²) in [6.07, 6.45) is 23.9. The zero-order valence-electron chi connectivity index (χ0n) is 20.7. The topological polar surface area (TPSA) is 17.1 Å². The summed E-state index contributed by atoms with van der Waals surface area (Å²) in [6, 6.07) is 10.2. The van der Waals surface area contributed by atoms with Gasteiger partial charge in [-0.05, 0) is 38.2 Å². The molecule has 1 atom stereocenters. The molecule has 0 radical (unpaired) electrons. The molecule has 0 N–H and O–H groups in total. The predicted octanol–water partition coefficient (Wildman–Crippen LogP) is 8.55. The minimum Gasteiger partial charge on any atom is -0.256 e. The van der Waals surface area contributed by atoms with Crippen LogP contribution in [0.4, 0.5) is 0 Å². The molecule has 0 fully saturated rings. The summed E-state index contributed by atoms with van der Waals surface area (Å²) in [5.41, 5.74) is 1.15. The number of unbranched alkanes of at least 4 members (excludes halogenated alkanes) is 11. The van der Waals surface area contributed by atoms with Crippen molar-refractivity contribution in [2.45, 2.75) is 103 Å². The van der Waals surface area contributed by atoms with Crippen LogP contribution in [0.2, 0.25) is 0 Å². The highest BCUT2D eigenvalue weighted by atomic mass is 16.2. The van der Waals surface area contributed by atoms with Crippen molar-refractivity contribution in [2.75, 3.05) is 14.1 Å². The maximum Gasteiger partial charge on any atom is 0.314 e. The summed E-state index contributed by atoms with van der Waals surface area (Å²) in [5.74, 6) is 0.298. The van der Waals surface area contributed by atoms with E-state index in [1.165, 1.54) is 70.6 Å². The summed E-state index contributed by atoms with van der Waals surface area (Å²) in [5, 5.41) is 0. The van der Waals surface area contributed by atoms with Crippen molar-refractivity contribution >= 4 is 5.91 Å². The zero-order valence-corrected chi connectivity index (χ0v) is 20.7. The fourth-order valence-electron chi connectivity index (χ4n) is 4.21. The molecule has 0 aliphatic heterocycles. The van der Waals surface area contributed by atoms with E-state index in [0.717, 1.165) is 18.4 Å². The fourth-order valence-corrected chi connectivity index (χ4v) is 4.21. The van der Waals surface area contributed by atoms with Crippen LogP contribution in [-0.2, 0) is 4.79 Å². The minimum atomic E-state index is 0.0110. The van der Waals surface area contributed by atoms with Gasteiger partial charge in [0.2, 0.25) is 0 Å². The summed E-state index contributed by atoms with van der Waals surface area (Å²) in [7, 11) is 4.03. The molecule has 1 rings (SSSR count). The lowest BCUT2D eigenvalue weighted by molar-refractivity contribution is -0.839. The van der Waals surface area contributed by atoms with Gasteiger partial charge >= 0.3 is 5.91 Å². The molecule has 2 nitrogen and oxygen atoms in total. The third kappa shape index (κ3) is 11.5. The van der Waals surface area contributed by atoms with Crippen LogP contribution in [0.5, 0.6) is 0 Å². The van der Waals surface area contributed by atoms with Crippen molar-refractivity contribution in [1.82, 2.24) is 0 Å². The van der Waals surface area contributed by atoms with Crippen molar-refractivity contribution in [3.05, 3.63) is 60.7 Å². The molecule has 1 aromatic carbocycles. The maximum atomic E-state index is 12.9. The van der Waals surface area contributed by atoms with E-state index < -0.39 is 0 Å². The highest BCUT2D eigenvalue weighted by molar-refractivity contribution is 5.69. The number of benzene rings is 1. The molecule has 174 valence electrons. The van der Waals surface area contributed by atoms with E-state index in [4.69, 9.17) is 0 Å². The first kappa shape index (κ1) is 27.4. The summed E-state index contributed by atoms with van der Waals surface area (Å²) in [4.78, 5) is 12.9. The number of quaternary nitrogens is 1. The quantitative estimate of drug-likeness (QED) is 0.130. The second kappa shape index (κ2) is 17.0. The molecule has 0 heterocycles. The molecule has 1 aromatic rings. The largest absolute Gasteiger partial charge is 0.314 e. The number of carbonyl (C=O) groups is 1. The first-order valence-corrected chi connectivity index (χ1v) is 12.7. The minimum absolute atomic E-state index is 0.0110. The van der Waals surface area contributed by atoms with Gasteiger partial charge < -0.3 is 0 Å². The Hall–Kier alpha value is -1.67. The van der Waals surface area contributed by atoms with Crippen LogP contribution in [-0.4, -0.2) is 24.5 Å². The van der Waals surface area contributed by atoms with Gasteiger partial charge in [0.15, 0.2) is 0 Å². The third-order valence-corrected chi connectivity index (χ3v) is 6.36. The summed E-state index contributed by atoms with van der Waals surface area (Å²) >= 11 is 0. The highest BCUT2D eigenvalue weighted by Gasteiger charge is 2.34. The average molecular weight is 427 g/mol. The van der Waals surface area contributed by atoms with Crippen LogP contribution in [0.15, 0.2) is 55.1 Å². The van der Waals surface area contributed by atoms with Crippen molar-refractivity contribution in [2.24, 2.45) is 0 Å². The number of amides is 1. The van der Waals surface area contributed by atoms with E-state index in [2.05, 4.69) is 37.8 Å². The second-order valence-electron chi connectivity index (χ2n) is 9.36. The molecule has 0 aromatic heterocycles. The molecule has 0 aliphatic rings. The van der Waals surface area contributed by atoms with Gasteiger partial charge in [-0.15, -0.1) is 0 Å². The van der Waals surface area contributed by atoms with Crippen molar-refractivity contribution in [3.8, 4) is 0 Å². The van der Waals surface area contributed by atoms with Gasteiger partial charge in [-0.3, -0.25) is 4.48 Å². The fraction of sp³-hybridized carbons (Fsp3) is 0.621. The first-order chi connectivity index (χ1) is 15.0. The molecule has 2 heteroatoms. The molecule has 0 aliphatic carbocycles. The van der Waals surface area contributed by atoms with Gasteiger partial charge in [-0.1, -0.05) is 107 Å². The normalized spacial score (nSPS) is 12.9. The lowest BCUT2D eigenvalue weighted by atomic mass is 10.0. The van der Waals surface area contributed by atoms with E-state index in [0.29, 0.717) is 16.8 Å². The Morgan fingerprint density at radius 3 is 1.90 bits per heavy atom. The monoisotopic (exact) mass is 426 g/mol. The number of nitrogens with zero attached hydrogens (tertiary/aromatic N) is 1. The molecule has 1 amide bonds. The molecule has 0 bridgehead atoms. The third-order valence-electron chi connectivity index (χ3n) is 6.36. The second-order valence-corrected chi connectivity index (χ2v) is 9.36. The Morgan fingerprint density at radius 2 is 1.35 bits per heavy atom. The van der Waals surface area contributed by atoms with Crippen LogP contribution >= 0.6 is 0 Å². The van der Waals surface area contributed by atoms with Gasteiger partial charge in [-0.25, -0.2) is 4.79 Å². The van der Waals surface area contributed by atoms with Crippen molar-refractivity contribution in [1.29, 1.82) is 0 Å². The van der Waals surface area contributed by atoms with E-state index in [1.807, 2.05) is 38.4 Å². The number of rotatable bonds is 18. The molecule has 0 saturated heterocycles. The molecular formula is C29H48NO+. The van der Waals surface area contributed by atoms with Crippen LogP contribution in [0.3, 0.4) is 0 Å². The number of hydrogen-bond donors (Lipinski definition) is 0. The SMILES string of the molecule is C=CC(c1ccccc1)[N+](C)(C)C(=O)CCCCCCCC=CCCCCCCCC. The Kier molecular flexibility index (Phi) is 15.0. The maximum absolute atomic E-state index is 12.9. The van der Waals surface area contributed by atoms with Crippen molar-refractivity contribution < 1.29 is 9.28 Å².